The molecule has 18 heavy (non-hydrogen) atoms. The number of ether oxygens (including phenoxy) is 1. The van der Waals surface area contributed by atoms with Gasteiger partial charge in [-0.2, -0.15) is 0 Å². The van der Waals surface area contributed by atoms with Crippen LogP contribution in [0.5, 0.6) is 0 Å². The lowest BCUT2D eigenvalue weighted by atomic mass is 9.85. The van der Waals surface area contributed by atoms with Gasteiger partial charge in [0, 0.05) is 13.1 Å². The molecule has 0 bridgehead atoms. The summed E-state index contributed by atoms with van der Waals surface area (Å²) in [5.41, 5.74) is -0.247. The largest absolute Gasteiger partial charge is 0.444 e. The van der Waals surface area contributed by atoms with Crippen LogP contribution in [0.3, 0.4) is 0 Å². The molecule has 0 radical (unpaired) electrons. The summed E-state index contributed by atoms with van der Waals surface area (Å²) in [6.07, 6.45) is 2.79. The number of hydrogen-bond acceptors (Lipinski definition) is 3. The van der Waals surface area contributed by atoms with Crippen LogP contribution in [-0.4, -0.2) is 40.4 Å². The minimum Gasteiger partial charge on any atom is -0.444 e. The van der Waals surface area contributed by atoms with Gasteiger partial charge in [0.25, 0.3) is 0 Å². The molecule has 1 N–H and O–H groups in total. The Labute approximate surface area is 110 Å². The molecule has 1 saturated heterocycles. The van der Waals surface area contributed by atoms with Gasteiger partial charge < -0.3 is 14.7 Å². The number of hydrogen-bond donors (Lipinski definition) is 1. The lowest BCUT2D eigenvalue weighted by Gasteiger charge is -2.39. The normalized spacial score (nSPS) is 20.8. The first-order chi connectivity index (χ1) is 8.18. The summed E-state index contributed by atoms with van der Waals surface area (Å²) < 4.78 is 5.32. The van der Waals surface area contributed by atoms with Crippen LogP contribution in [0.15, 0.2) is 11.6 Å². The molecule has 0 atom stereocenters. The summed E-state index contributed by atoms with van der Waals surface area (Å²) in [7, 11) is 0. The lowest BCUT2D eigenvalue weighted by Crippen LogP contribution is -2.48. The van der Waals surface area contributed by atoms with Crippen molar-refractivity contribution in [2.24, 2.45) is 0 Å². The highest BCUT2D eigenvalue weighted by Gasteiger charge is 2.36. The Hall–Kier alpha value is -1.03. The van der Waals surface area contributed by atoms with Crippen LogP contribution in [-0.2, 0) is 4.74 Å². The third-order valence-electron chi connectivity index (χ3n) is 3.41. The smallest absolute Gasteiger partial charge is 0.410 e. The summed E-state index contributed by atoms with van der Waals surface area (Å²) >= 11 is 0. The summed E-state index contributed by atoms with van der Waals surface area (Å²) in [5, 5.41) is 10.4. The SMILES string of the molecule is CC=C(C)C1(O)CCN(C(=O)OC(C)(C)C)CC1. The molecule has 4 nitrogen and oxygen atoms in total. The fourth-order valence-electron chi connectivity index (χ4n) is 2.05. The molecule has 1 heterocycles. The first kappa shape index (κ1) is 15.0. The number of amides is 1. The predicted octanol–water partition coefficient (Wildman–Crippen LogP) is 2.71. The average Bonchev–Trinajstić information content (AvgIpc) is 2.26. The van der Waals surface area contributed by atoms with Crippen molar-refractivity contribution in [1.82, 2.24) is 4.90 Å². The monoisotopic (exact) mass is 255 g/mol. The Morgan fingerprint density at radius 2 is 1.83 bits per heavy atom. The molecular formula is C14H25NO3. The van der Waals surface area contributed by atoms with Gasteiger partial charge in [0.1, 0.15) is 5.60 Å². The van der Waals surface area contributed by atoms with Crippen LogP contribution in [0.1, 0.15) is 47.5 Å². The van der Waals surface area contributed by atoms with Crippen LogP contribution in [0, 0.1) is 0 Å². The van der Waals surface area contributed by atoms with Gasteiger partial charge in [-0.05, 0) is 53.0 Å². The number of likely N-dealkylation sites (tertiary alicyclic amines) is 1. The second-order valence-electron chi connectivity index (χ2n) is 5.97. The quantitative estimate of drug-likeness (QED) is 0.733. The van der Waals surface area contributed by atoms with Crippen molar-refractivity contribution in [3.8, 4) is 0 Å². The molecule has 0 saturated carbocycles. The Morgan fingerprint density at radius 3 is 2.22 bits per heavy atom. The van der Waals surface area contributed by atoms with Crippen molar-refractivity contribution in [2.45, 2.75) is 58.7 Å². The highest BCUT2D eigenvalue weighted by atomic mass is 16.6. The van der Waals surface area contributed by atoms with E-state index in [-0.39, 0.29) is 6.09 Å². The molecule has 0 aromatic rings. The van der Waals surface area contributed by atoms with E-state index in [4.69, 9.17) is 4.74 Å². The van der Waals surface area contributed by atoms with Crippen molar-refractivity contribution in [1.29, 1.82) is 0 Å². The molecule has 1 rings (SSSR count). The van der Waals surface area contributed by atoms with Crippen LogP contribution >= 0.6 is 0 Å². The molecule has 4 heteroatoms. The Morgan fingerprint density at radius 1 is 1.33 bits per heavy atom. The molecule has 104 valence electrons. The molecule has 0 aromatic heterocycles. The number of rotatable bonds is 1. The topological polar surface area (TPSA) is 49.8 Å². The minimum atomic E-state index is -0.757. The Bertz CT molecular complexity index is 333. The molecule has 1 amide bonds. The van der Waals surface area contributed by atoms with Crippen molar-refractivity contribution >= 4 is 6.09 Å². The van der Waals surface area contributed by atoms with Crippen molar-refractivity contribution in [3.63, 3.8) is 0 Å². The number of piperidine rings is 1. The molecule has 0 spiro atoms. The van der Waals surface area contributed by atoms with Gasteiger partial charge in [0.05, 0.1) is 5.60 Å². The fourth-order valence-corrected chi connectivity index (χ4v) is 2.05. The van der Waals surface area contributed by atoms with Crippen LogP contribution < -0.4 is 0 Å². The first-order valence-electron chi connectivity index (χ1n) is 6.52. The summed E-state index contributed by atoms with van der Waals surface area (Å²) in [5.74, 6) is 0. The van der Waals surface area contributed by atoms with Crippen LogP contribution in [0.2, 0.25) is 0 Å². The second kappa shape index (κ2) is 5.31. The molecule has 1 fully saturated rings. The summed E-state index contributed by atoms with van der Waals surface area (Å²) in [6, 6.07) is 0. The van der Waals surface area contributed by atoms with Gasteiger partial charge in [-0.25, -0.2) is 4.79 Å². The van der Waals surface area contributed by atoms with E-state index >= 15 is 0 Å². The number of allylic oxidation sites excluding steroid dienone is 1. The molecular weight excluding hydrogens is 230 g/mol. The number of aliphatic hydroxyl groups is 1. The first-order valence-corrected chi connectivity index (χ1v) is 6.52. The zero-order chi connectivity index (χ0) is 14.0. The average molecular weight is 255 g/mol. The van der Waals surface area contributed by atoms with E-state index in [9.17, 15) is 9.90 Å². The standard InChI is InChI=1S/C14H25NO3/c1-6-11(2)14(17)7-9-15(10-8-14)12(16)18-13(3,4)5/h6,17H,7-10H2,1-5H3. The minimum absolute atomic E-state index is 0.289. The Kier molecular flexibility index (Phi) is 4.43. The highest BCUT2D eigenvalue weighted by Crippen LogP contribution is 2.29. The second-order valence-corrected chi connectivity index (χ2v) is 5.97. The van der Waals surface area contributed by atoms with Crippen LogP contribution in [0.4, 0.5) is 4.79 Å². The summed E-state index contributed by atoms with van der Waals surface area (Å²) in [6.45, 7) is 10.5. The molecule has 0 aromatic carbocycles. The number of carbonyl (C=O) groups excluding carboxylic acids is 1. The van der Waals surface area contributed by atoms with Gasteiger partial charge in [0.2, 0.25) is 0 Å². The third-order valence-corrected chi connectivity index (χ3v) is 3.41. The van der Waals surface area contributed by atoms with E-state index in [0.717, 1.165) is 5.57 Å². The fraction of sp³-hybridized carbons (Fsp3) is 0.786. The number of nitrogens with zero attached hydrogens (tertiary/aromatic N) is 1. The van der Waals surface area contributed by atoms with Gasteiger partial charge in [0.15, 0.2) is 0 Å². The molecule has 1 aliphatic heterocycles. The summed E-state index contributed by atoms with van der Waals surface area (Å²) in [4.78, 5) is 13.5. The van der Waals surface area contributed by atoms with E-state index in [2.05, 4.69) is 0 Å². The molecule has 0 unspecified atom stereocenters. The van der Waals surface area contributed by atoms with E-state index in [1.165, 1.54) is 0 Å². The highest BCUT2D eigenvalue weighted by molar-refractivity contribution is 5.68. The van der Waals surface area contributed by atoms with Crippen molar-refractivity contribution < 1.29 is 14.6 Å². The zero-order valence-corrected chi connectivity index (χ0v) is 12.1. The van der Waals surface area contributed by atoms with Crippen LogP contribution in [0.25, 0.3) is 0 Å². The number of carbonyl (C=O) groups is 1. The van der Waals surface area contributed by atoms with E-state index in [1.54, 1.807) is 4.90 Å². The molecule has 1 aliphatic rings. The van der Waals surface area contributed by atoms with E-state index < -0.39 is 11.2 Å². The maximum Gasteiger partial charge on any atom is 0.410 e. The van der Waals surface area contributed by atoms with Gasteiger partial charge >= 0.3 is 6.09 Å². The maximum absolute atomic E-state index is 11.9. The lowest BCUT2D eigenvalue weighted by molar-refractivity contribution is -0.0133. The Balaban J connectivity index is 2.57. The van der Waals surface area contributed by atoms with E-state index in [1.807, 2.05) is 40.7 Å². The van der Waals surface area contributed by atoms with Crippen molar-refractivity contribution in [2.75, 3.05) is 13.1 Å². The molecule has 0 aliphatic carbocycles. The predicted molar refractivity (Wildman–Crippen MR) is 71.4 cm³/mol. The van der Waals surface area contributed by atoms with Gasteiger partial charge in [-0.3, -0.25) is 0 Å². The zero-order valence-electron chi connectivity index (χ0n) is 12.1. The maximum atomic E-state index is 11.9. The van der Waals surface area contributed by atoms with Gasteiger partial charge in [-0.15, -0.1) is 0 Å². The van der Waals surface area contributed by atoms with Crippen molar-refractivity contribution in [3.05, 3.63) is 11.6 Å². The van der Waals surface area contributed by atoms with E-state index in [0.29, 0.717) is 25.9 Å². The third kappa shape index (κ3) is 3.73. The van der Waals surface area contributed by atoms with Gasteiger partial charge in [-0.1, -0.05) is 6.08 Å².